The molecule has 0 atom stereocenters. The Hall–Kier alpha value is -2.52. The molecule has 2 aromatic rings. The number of aromatic nitrogens is 2. The maximum absolute atomic E-state index is 12.7. The third kappa shape index (κ3) is 5.10. The molecule has 1 aliphatic rings. The molecule has 2 N–H and O–H groups in total. The zero-order valence-electron chi connectivity index (χ0n) is 17.2. The Bertz CT molecular complexity index is 847. The van der Waals surface area contributed by atoms with Gasteiger partial charge in [0.05, 0.1) is 38.3 Å². The SMILES string of the molecule is CCOC(=O)c1c(NC(=O)C[NH+]2CCN(c3ncccn3)CC2)sc(CC)c1C. The van der Waals surface area contributed by atoms with Gasteiger partial charge < -0.3 is 19.9 Å². The number of quaternary nitrogens is 1. The van der Waals surface area contributed by atoms with Gasteiger partial charge in [-0.3, -0.25) is 4.79 Å². The van der Waals surface area contributed by atoms with Crippen LogP contribution in [0.15, 0.2) is 18.5 Å². The minimum atomic E-state index is -0.375. The van der Waals surface area contributed by atoms with Crippen molar-refractivity contribution in [1.82, 2.24) is 9.97 Å². The van der Waals surface area contributed by atoms with E-state index in [1.165, 1.54) is 16.2 Å². The number of thiophene rings is 1. The van der Waals surface area contributed by atoms with Crippen molar-refractivity contribution in [1.29, 1.82) is 0 Å². The molecule has 9 heteroatoms. The van der Waals surface area contributed by atoms with Crippen molar-refractivity contribution in [3.05, 3.63) is 34.5 Å². The highest BCUT2D eigenvalue weighted by Gasteiger charge is 2.26. The number of anilines is 2. The third-order valence-corrected chi connectivity index (χ3v) is 6.37. The molecule has 1 saturated heterocycles. The molecule has 0 spiro atoms. The fourth-order valence-corrected chi connectivity index (χ4v) is 4.64. The van der Waals surface area contributed by atoms with Crippen molar-refractivity contribution < 1.29 is 19.2 Å². The van der Waals surface area contributed by atoms with Gasteiger partial charge >= 0.3 is 5.97 Å². The number of hydrogen-bond donors (Lipinski definition) is 2. The molecule has 0 saturated carbocycles. The molecule has 1 fully saturated rings. The molecule has 2 aromatic heterocycles. The van der Waals surface area contributed by atoms with E-state index in [-0.39, 0.29) is 11.9 Å². The molecule has 0 bridgehead atoms. The fourth-order valence-electron chi connectivity index (χ4n) is 3.49. The second kappa shape index (κ2) is 9.80. The lowest BCUT2D eigenvalue weighted by atomic mass is 10.1. The van der Waals surface area contributed by atoms with Crippen LogP contribution in [0.25, 0.3) is 0 Å². The summed E-state index contributed by atoms with van der Waals surface area (Å²) in [7, 11) is 0. The average molecular weight is 419 g/mol. The first-order valence-corrected chi connectivity index (χ1v) is 10.8. The van der Waals surface area contributed by atoms with Crippen LogP contribution in [0.3, 0.4) is 0 Å². The third-order valence-electron chi connectivity index (χ3n) is 5.02. The number of piperazine rings is 1. The smallest absolute Gasteiger partial charge is 0.341 e. The summed E-state index contributed by atoms with van der Waals surface area (Å²) in [4.78, 5) is 38.0. The standard InChI is InChI=1S/C20H27N5O3S/c1-4-15-14(3)17(19(27)28-5-2)18(29-15)23-16(26)13-24-9-11-25(12-10-24)20-21-7-6-8-22-20/h6-8H,4-5,9-13H2,1-3H3,(H,23,26)/p+1. The predicted molar refractivity (Wildman–Crippen MR) is 113 cm³/mol. The number of esters is 1. The zero-order chi connectivity index (χ0) is 20.8. The molecular formula is C20H28N5O3S+. The van der Waals surface area contributed by atoms with Crippen molar-refractivity contribution >= 4 is 34.2 Å². The summed E-state index contributed by atoms with van der Waals surface area (Å²) in [6, 6.07) is 1.80. The molecule has 1 aliphatic heterocycles. The van der Waals surface area contributed by atoms with Crippen molar-refractivity contribution in [2.24, 2.45) is 0 Å². The van der Waals surface area contributed by atoms with Gasteiger partial charge in [-0.15, -0.1) is 11.3 Å². The molecule has 0 aromatic carbocycles. The number of carbonyl (C=O) groups is 2. The number of aryl methyl sites for hydroxylation is 1. The predicted octanol–water partition coefficient (Wildman–Crippen LogP) is 0.929. The lowest BCUT2D eigenvalue weighted by molar-refractivity contribution is -0.892. The molecule has 3 heterocycles. The van der Waals surface area contributed by atoms with Crippen molar-refractivity contribution in [2.75, 3.05) is 49.5 Å². The van der Waals surface area contributed by atoms with Gasteiger partial charge in [0.25, 0.3) is 5.91 Å². The van der Waals surface area contributed by atoms with Gasteiger partial charge in [0.2, 0.25) is 5.95 Å². The highest BCUT2D eigenvalue weighted by atomic mass is 32.1. The molecule has 8 nitrogen and oxygen atoms in total. The van der Waals surface area contributed by atoms with E-state index < -0.39 is 0 Å². The number of amides is 1. The van der Waals surface area contributed by atoms with E-state index in [4.69, 9.17) is 4.74 Å². The zero-order valence-corrected chi connectivity index (χ0v) is 18.0. The van der Waals surface area contributed by atoms with Crippen LogP contribution in [-0.2, 0) is 16.0 Å². The van der Waals surface area contributed by atoms with E-state index in [0.29, 0.717) is 23.7 Å². The quantitative estimate of drug-likeness (QED) is 0.651. The van der Waals surface area contributed by atoms with Crippen LogP contribution in [0.4, 0.5) is 10.9 Å². The second-order valence-electron chi connectivity index (χ2n) is 6.94. The fraction of sp³-hybridized carbons (Fsp3) is 0.500. The molecule has 29 heavy (non-hydrogen) atoms. The average Bonchev–Trinajstić information content (AvgIpc) is 3.04. The largest absolute Gasteiger partial charge is 0.462 e. The lowest BCUT2D eigenvalue weighted by Gasteiger charge is -2.31. The summed E-state index contributed by atoms with van der Waals surface area (Å²) in [6.07, 6.45) is 4.29. The van der Waals surface area contributed by atoms with Gasteiger partial charge in [0, 0.05) is 17.3 Å². The highest BCUT2D eigenvalue weighted by molar-refractivity contribution is 7.17. The molecule has 0 unspecified atom stereocenters. The van der Waals surface area contributed by atoms with Crippen LogP contribution < -0.4 is 15.1 Å². The maximum atomic E-state index is 12.7. The van der Waals surface area contributed by atoms with Crippen LogP contribution in [0.1, 0.15) is 34.6 Å². The Morgan fingerprint density at radius 3 is 2.55 bits per heavy atom. The highest BCUT2D eigenvalue weighted by Crippen LogP contribution is 2.33. The van der Waals surface area contributed by atoms with Gasteiger partial charge in [0.1, 0.15) is 5.00 Å². The van der Waals surface area contributed by atoms with E-state index in [1.54, 1.807) is 25.4 Å². The molecule has 1 amide bonds. The number of rotatable bonds is 7. The second-order valence-corrected chi connectivity index (χ2v) is 8.04. The van der Waals surface area contributed by atoms with Crippen LogP contribution in [0.2, 0.25) is 0 Å². The van der Waals surface area contributed by atoms with Crippen molar-refractivity contribution in [3.8, 4) is 0 Å². The molecule has 156 valence electrons. The number of carbonyl (C=O) groups excluding carboxylic acids is 2. The van der Waals surface area contributed by atoms with Gasteiger partial charge in [-0.1, -0.05) is 6.92 Å². The van der Waals surface area contributed by atoms with E-state index in [2.05, 4.69) is 20.2 Å². The minimum absolute atomic E-state index is 0.0844. The number of hydrogen-bond acceptors (Lipinski definition) is 7. The Labute approximate surface area is 174 Å². The van der Waals surface area contributed by atoms with Crippen molar-refractivity contribution in [2.45, 2.75) is 27.2 Å². The van der Waals surface area contributed by atoms with E-state index in [9.17, 15) is 9.59 Å². The summed E-state index contributed by atoms with van der Waals surface area (Å²) in [5.41, 5.74) is 1.39. The monoisotopic (exact) mass is 418 g/mol. The first-order valence-electron chi connectivity index (χ1n) is 9.98. The molecule has 0 aliphatic carbocycles. The Morgan fingerprint density at radius 1 is 1.24 bits per heavy atom. The molecular weight excluding hydrogens is 390 g/mol. The van der Waals surface area contributed by atoms with Crippen molar-refractivity contribution in [3.63, 3.8) is 0 Å². The van der Waals surface area contributed by atoms with Crippen LogP contribution >= 0.6 is 11.3 Å². The summed E-state index contributed by atoms with van der Waals surface area (Å²) in [5, 5.41) is 3.55. The summed E-state index contributed by atoms with van der Waals surface area (Å²) in [6.45, 7) is 9.68. The van der Waals surface area contributed by atoms with Gasteiger partial charge in [-0.05, 0) is 31.9 Å². The van der Waals surface area contributed by atoms with Crippen LogP contribution in [0, 0.1) is 6.92 Å². The summed E-state index contributed by atoms with van der Waals surface area (Å²) >= 11 is 1.46. The van der Waals surface area contributed by atoms with Gasteiger partial charge in [-0.2, -0.15) is 0 Å². The Morgan fingerprint density at radius 2 is 1.93 bits per heavy atom. The Balaban J connectivity index is 1.59. The van der Waals surface area contributed by atoms with Gasteiger partial charge in [0.15, 0.2) is 6.54 Å². The van der Waals surface area contributed by atoms with Gasteiger partial charge in [-0.25, -0.2) is 14.8 Å². The normalized spacial score (nSPS) is 14.7. The van der Waals surface area contributed by atoms with E-state index in [0.717, 1.165) is 49.0 Å². The maximum Gasteiger partial charge on any atom is 0.341 e. The number of nitrogens with zero attached hydrogens (tertiary/aromatic N) is 3. The van der Waals surface area contributed by atoms with E-state index >= 15 is 0 Å². The Kier molecular flexibility index (Phi) is 7.16. The number of ether oxygens (including phenoxy) is 1. The first-order chi connectivity index (χ1) is 14.0. The number of nitrogens with one attached hydrogen (secondary N) is 2. The van der Waals surface area contributed by atoms with E-state index in [1.807, 2.05) is 13.8 Å². The van der Waals surface area contributed by atoms with Crippen LogP contribution in [0.5, 0.6) is 0 Å². The summed E-state index contributed by atoms with van der Waals surface area (Å²) in [5.74, 6) is 0.273. The lowest BCUT2D eigenvalue weighted by Crippen LogP contribution is -3.15. The summed E-state index contributed by atoms with van der Waals surface area (Å²) < 4.78 is 5.19. The topological polar surface area (TPSA) is 88.9 Å². The van der Waals surface area contributed by atoms with Crippen LogP contribution in [-0.4, -0.2) is 61.2 Å². The molecule has 0 radical (unpaired) electrons. The first kappa shape index (κ1) is 21.2. The minimum Gasteiger partial charge on any atom is -0.462 e. The molecule has 3 rings (SSSR count).